The molecule has 0 amide bonds. The summed E-state index contributed by atoms with van der Waals surface area (Å²) in [6.07, 6.45) is 2.14. The highest BCUT2D eigenvalue weighted by Gasteiger charge is 2.25. The Morgan fingerprint density at radius 2 is 1.85 bits per heavy atom. The molecule has 0 radical (unpaired) electrons. The number of benzene rings is 1. The Kier molecular flexibility index (Phi) is 6.92. The van der Waals surface area contributed by atoms with Gasteiger partial charge in [-0.3, -0.25) is 9.10 Å². The van der Waals surface area contributed by atoms with Gasteiger partial charge in [0.2, 0.25) is 10.0 Å². The molecule has 0 spiro atoms. The highest BCUT2D eigenvalue weighted by molar-refractivity contribution is 9.10. The normalized spacial score (nSPS) is 11.8. The van der Waals surface area contributed by atoms with Crippen LogP contribution in [0.15, 0.2) is 34.8 Å². The quantitative estimate of drug-likeness (QED) is 0.549. The number of aromatic nitrogens is 1. The summed E-state index contributed by atoms with van der Waals surface area (Å²) >= 11 is 3.38. The Balaban J connectivity index is 2.34. The van der Waals surface area contributed by atoms with Crippen molar-refractivity contribution in [2.24, 2.45) is 5.92 Å². The number of carbonyl (C=O) groups excluding carboxylic acids is 1. The van der Waals surface area contributed by atoms with Crippen LogP contribution in [0.4, 0.5) is 5.69 Å². The molecule has 1 aromatic heterocycles. The molecular formula is C20H27BrN2O3S. The van der Waals surface area contributed by atoms with Gasteiger partial charge in [0.15, 0.2) is 5.78 Å². The molecule has 0 N–H and O–H groups in total. The van der Waals surface area contributed by atoms with Crippen LogP contribution in [-0.4, -0.2) is 31.6 Å². The molecule has 7 heteroatoms. The lowest BCUT2D eigenvalue weighted by atomic mass is 10.1. The molecule has 2 aromatic rings. The fourth-order valence-electron chi connectivity index (χ4n) is 3.07. The Bertz CT molecular complexity index is 933. The molecule has 1 aromatic carbocycles. The average Bonchev–Trinajstić information content (AvgIpc) is 2.84. The zero-order chi connectivity index (χ0) is 20.4. The van der Waals surface area contributed by atoms with Crippen LogP contribution in [0, 0.1) is 19.8 Å². The van der Waals surface area contributed by atoms with Crippen LogP contribution >= 0.6 is 15.9 Å². The number of para-hydroxylation sites is 1. The first kappa shape index (κ1) is 21.7. The summed E-state index contributed by atoms with van der Waals surface area (Å²) in [5.74, 6) is 0.363. The van der Waals surface area contributed by atoms with Gasteiger partial charge in [0.05, 0.1) is 18.5 Å². The van der Waals surface area contributed by atoms with Crippen LogP contribution < -0.4 is 4.31 Å². The van der Waals surface area contributed by atoms with Crippen LogP contribution in [0.5, 0.6) is 0 Å². The number of hydrogen-bond donors (Lipinski definition) is 0. The monoisotopic (exact) mass is 454 g/mol. The van der Waals surface area contributed by atoms with E-state index in [0.29, 0.717) is 21.6 Å². The Labute approximate surface area is 170 Å². The largest absolute Gasteiger partial charge is 0.348 e. The van der Waals surface area contributed by atoms with Gasteiger partial charge in [-0.25, -0.2) is 8.42 Å². The number of ketones is 1. The van der Waals surface area contributed by atoms with Crippen molar-refractivity contribution >= 4 is 37.4 Å². The minimum Gasteiger partial charge on any atom is -0.348 e. The highest BCUT2D eigenvalue weighted by atomic mass is 79.9. The number of halogens is 1. The predicted octanol–water partition coefficient (Wildman–Crippen LogP) is 4.56. The standard InChI is InChI=1S/C20H27BrN2O3S/c1-14(2)10-11-22-15(3)12-17(16(22)4)20(24)13-23(27(5,25)26)19-9-7-6-8-18(19)21/h6-9,12,14H,10-11,13H2,1-5H3. The zero-order valence-electron chi connectivity index (χ0n) is 16.5. The molecule has 27 heavy (non-hydrogen) atoms. The number of aryl methyl sites for hydroxylation is 1. The second-order valence-corrected chi connectivity index (χ2v) is 10.0. The van der Waals surface area contributed by atoms with E-state index in [0.717, 1.165) is 34.9 Å². The third-order valence-corrected chi connectivity index (χ3v) is 6.41. The van der Waals surface area contributed by atoms with E-state index < -0.39 is 10.0 Å². The number of hydrogen-bond acceptors (Lipinski definition) is 3. The van der Waals surface area contributed by atoms with Gasteiger partial charge in [0.1, 0.15) is 0 Å². The minimum absolute atomic E-state index is 0.208. The van der Waals surface area contributed by atoms with E-state index in [1.54, 1.807) is 24.3 Å². The maximum Gasteiger partial charge on any atom is 0.232 e. The summed E-state index contributed by atoms with van der Waals surface area (Å²) < 4.78 is 28.6. The van der Waals surface area contributed by atoms with Crippen LogP contribution in [0.2, 0.25) is 0 Å². The number of rotatable bonds is 8. The second kappa shape index (κ2) is 8.61. The SMILES string of the molecule is Cc1cc(C(=O)CN(c2ccccc2Br)S(C)(=O)=O)c(C)n1CCC(C)C. The van der Waals surface area contributed by atoms with E-state index in [-0.39, 0.29) is 12.3 Å². The van der Waals surface area contributed by atoms with Crippen molar-refractivity contribution in [1.82, 2.24) is 4.57 Å². The number of carbonyl (C=O) groups is 1. The third kappa shape index (κ3) is 5.23. The van der Waals surface area contributed by atoms with Crippen molar-refractivity contribution in [2.45, 2.75) is 40.7 Å². The topological polar surface area (TPSA) is 59.4 Å². The fourth-order valence-corrected chi connectivity index (χ4v) is 4.55. The summed E-state index contributed by atoms with van der Waals surface area (Å²) in [7, 11) is -3.61. The summed E-state index contributed by atoms with van der Waals surface area (Å²) in [5.41, 5.74) is 2.95. The van der Waals surface area contributed by atoms with E-state index in [1.807, 2.05) is 19.9 Å². The summed E-state index contributed by atoms with van der Waals surface area (Å²) in [6.45, 7) is 8.86. The van der Waals surface area contributed by atoms with Crippen molar-refractivity contribution in [2.75, 3.05) is 17.1 Å². The van der Waals surface area contributed by atoms with Crippen LogP contribution in [0.3, 0.4) is 0 Å². The van der Waals surface area contributed by atoms with Crippen LogP contribution in [0.25, 0.3) is 0 Å². The summed E-state index contributed by atoms with van der Waals surface area (Å²) in [4.78, 5) is 13.0. The van der Waals surface area contributed by atoms with Crippen LogP contribution in [-0.2, 0) is 16.6 Å². The highest BCUT2D eigenvalue weighted by Crippen LogP contribution is 2.28. The molecular weight excluding hydrogens is 428 g/mol. The first-order valence-corrected chi connectivity index (χ1v) is 11.6. The van der Waals surface area contributed by atoms with Gasteiger partial charge in [-0.2, -0.15) is 0 Å². The molecule has 0 aliphatic heterocycles. The molecule has 0 saturated carbocycles. The average molecular weight is 455 g/mol. The molecule has 2 rings (SSSR count). The number of anilines is 1. The molecule has 0 unspecified atom stereocenters. The molecule has 0 saturated heterocycles. The maximum atomic E-state index is 13.0. The van der Waals surface area contributed by atoms with Gasteiger partial charge in [-0.05, 0) is 60.3 Å². The second-order valence-electron chi connectivity index (χ2n) is 7.26. The van der Waals surface area contributed by atoms with Gasteiger partial charge in [0.25, 0.3) is 0 Å². The maximum absolute atomic E-state index is 13.0. The van der Waals surface area contributed by atoms with Gasteiger partial charge in [-0.1, -0.05) is 26.0 Å². The lowest BCUT2D eigenvalue weighted by Gasteiger charge is -2.23. The Hall–Kier alpha value is -1.60. The van der Waals surface area contributed by atoms with E-state index >= 15 is 0 Å². The number of nitrogens with zero attached hydrogens (tertiary/aromatic N) is 2. The fraction of sp³-hybridized carbons (Fsp3) is 0.450. The molecule has 0 aliphatic rings. The van der Waals surface area contributed by atoms with Crippen molar-refractivity contribution in [1.29, 1.82) is 0 Å². The molecule has 148 valence electrons. The third-order valence-electron chi connectivity index (χ3n) is 4.61. The lowest BCUT2D eigenvalue weighted by Crippen LogP contribution is -2.35. The zero-order valence-corrected chi connectivity index (χ0v) is 18.9. The lowest BCUT2D eigenvalue weighted by molar-refractivity contribution is 0.100. The van der Waals surface area contributed by atoms with Crippen molar-refractivity contribution < 1.29 is 13.2 Å². The molecule has 1 heterocycles. The minimum atomic E-state index is -3.61. The first-order chi connectivity index (χ1) is 12.5. The van der Waals surface area contributed by atoms with Gasteiger partial charge >= 0.3 is 0 Å². The number of sulfonamides is 1. The van der Waals surface area contributed by atoms with Crippen LogP contribution in [0.1, 0.15) is 42.0 Å². The van der Waals surface area contributed by atoms with E-state index in [9.17, 15) is 13.2 Å². The molecule has 0 fully saturated rings. The van der Waals surface area contributed by atoms with Gasteiger partial charge in [0, 0.05) is 28.0 Å². The Morgan fingerprint density at radius 3 is 2.41 bits per heavy atom. The molecule has 0 bridgehead atoms. The summed E-state index contributed by atoms with van der Waals surface area (Å²) in [6, 6.07) is 8.86. The summed E-state index contributed by atoms with van der Waals surface area (Å²) in [5, 5.41) is 0. The molecule has 0 aliphatic carbocycles. The molecule has 0 atom stereocenters. The van der Waals surface area contributed by atoms with E-state index in [1.165, 1.54) is 0 Å². The van der Waals surface area contributed by atoms with Crippen molar-refractivity contribution in [3.05, 3.63) is 51.8 Å². The van der Waals surface area contributed by atoms with Gasteiger partial charge in [-0.15, -0.1) is 0 Å². The molecule has 5 nitrogen and oxygen atoms in total. The van der Waals surface area contributed by atoms with Gasteiger partial charge < -0.3 is 4.57 Å². The van der Waals surface area contributed by atoms with Crippen molar-refractivity contribution in [3.8, 4) is 0 Å². The Morgan fingerprint density at radius 1 is 1.22 bits per heavy atom. The number of Topliss-reactive ketones (excluding diaryl/α,β-unsaturated/α-hetero) is 1. The predicted molar refractivity (Wildman–Crippen MR) is 114 cm³/mol. The van der Waals surface area contributed by atoms with E-state index in [4.69, 9.17) is 0 Å². The van der Waals surface area contributed by atoms with E-state index in [2.05, 4.69) is 34.3 Å². The smallest absolute Gasteiger partial charge is 0.232 e. The first-order valence-electron chi connectivity index (χ1n) is 8.94. The van der Waals surface area contributed by atoms with Crippen molar-refractivity contribution in [3.63, 3.8) is 0 Å².